The molecule has 0 bridgehead atoms. The van der Waals surface area contributed by atoms with Crippen LogP contribution in [0.2, 0.25) is 0 Å². The summed E-state index contributed by atoms with van der Waals surface area (Å²) in [5.74, 6) is -0.134. The Labute approximate surface area is 66.4 Å². The van der Waals surface area contributed by atoms with Crippen LogP contribution in [0.4, 0.5) is 4.39 Å². The van der Waals surface area contributed by atoms with Crippen LogP contribution in [0.15, 0.2) is 24.8 Å². The second-order valence-corrected chi connectivity index (χ2v) is 2.37. The van der Waals surface area contributed by atoms with E-state index in [-0.39, 0.29) is 5.82 Å². The van der Waals surface area contributed by atoms with Crippen molar-refractivity contribution in [1.29, 1.82) is 0 Å². The van der Waals surface area contributed by atoms with E-state index in [1.807, 2.05) is 13.0 Å². The van der Waals surface area contributed by atoms with Gasteiger partial charge in [-0.25, -0.2) is 4.39 Å². The molecule has 0 radical (unpaired) electrons. The topological polar surface area (TPSA) is 0 Å². The molecule has 1 aromatic rings. The molecule has 1 rings (SSSR count). The van der Waals surface area contributed by atoms with Gasteiger partial charge in [0.25, 0.3) is 0 Å². The van der Waals surface area contributed by atoms with Gasteiger partial charge in [-0.15, -0.1) is 0 Å². The minimum atomic E-state index is -0.134. The van der Waals surface area contributed by atoms with Gasteiger partial charge < -0.3 is 0 Å². The molecule has 1 aromatic carbocycles. The molecule has 0 aromatic heterocycles. The van der Waals surface area contributed by atoms with Crippen molar-refractivity contribution in [3.63, 3.8) is 0 Å². The molecule has 0 aliphatic heterocycles. The molecule has 0 aliphatic rings. The summed E-state index contributed by atoms with van der Waals surface area (Å²) in [7, 11) is 0. The van der Waals surface area contributed by atoms with Gasteiger partial charge in [0, 0.05) is 0 Å². The van der Waals surface area contributed by atoms with Crippen LogP contribution in [0, 0.1) is 5.82 Å². The molecule has 0 nitrogen and oxygen atoms in total. The molecule has 0 spiro atoms. The molecule has 0 unspecified atom stereocenters. The van der Waals surface area contributed by atoms with E-state index in [9.17, 15) is 4.39 Å². The van der Waals surface area contributed by atoms with Crippen molar-refractivity contribution in [3.05, 3.63) is 41.7 Å². The van der Waals surface area contributed by atoms with Crippen LogP contribution in [0.5, 0.6) is 0 Å². The van der Waals surface area contributed by atoms with E-state index in [0.29, 0.717) is 6.42 Å². The fourth-order valence-corrected chi connectivity index (χ4v) is 1.14. The minimum Gasteiger partial charge on any atom is -0.207 e. The first-order valence-corrected chi connectivity index (χ1v) is 3.69. The van der Waals surface area contributed by atoms with E-state index in [0.717, 1.165) is 11.1 Å². The molecule has 0 N–H and O–H groups in total. The molecule has 0 heterocycles. The van der Waals surface area contributed by atoms with Crippen molar-refractivity contribution in [2.24, 2.45) is 0 Å². The number of halogens is 1. The zero-order chi connectivity index (χ0) is 8.27. The Bertz CT molecular complexity index is 264. The monoisotopic (exact) mass is 150 g/mol. The van der Waals surface area contributed by atoms with E-state index >= 15 is 0 Å². The van der Waals surface area contributed by atoms with Gasteiger partial charge in [0.05, 0.1) is 0 Å². The number of rotatable bonds is 2. The normalized spacial score (nSPS) is 9.64. The average molecular weight is 150 g/mol. The lowest BCUT2D eigenvalue weighted by Gasteiger charge is -2.02. The highest BCUT2D eigenvalue weighted by atomic mass is 19.1. The lowest BCUT2D eigenvalue weighted by Crippen LogP contribution is -1.90. The highest BCUT2D eigenvalue weighted by Gasteiger charge is 2.01. The quantitative estimate of drug-likeness (QED) is 0.607. The summed E-state index contributed by atoms with van der Waals surface area (Å²) in [6, 6.07) is 5.05. The molecule has 0 amide bonds. The molecular formula is C10H11F. The molecule has 1 heteroatoms. The molecular weight excluding hydrogens is 139 g/mol. The van der Waals surface area contributed by atoms with Crippen LogP contribution in [0.3, 0.4) is 0 Å². The first-order valence-electron chi connectivity index (χ1n) is 3.69. The van der Waals surface area contributed by atoms with E-state index in [2.05, 4.69) is 6.58 Å². The highest BCUT2D eigenvalue weighted by Crippen LogP contribution is 2.14. The van der Waals surface area contributed by atoms with Crippen LogP contribution in [0.1, 0.15) is 18.1 Å². The fourth-order valence-electron chi connectivity index (χ4n) is 1.14. The van der Waals surface area contributed by atoms with Crippen molar-refractivity contribution in [2.75, 3.05) is 0 Å². The largest absolute Gasteiger partial charge is 0.207 e. The van der Waals surface area contributed by atoms with Crippen molar-refractivity contribution in [2.45, 2.75) is 13.3 Å². The molecule has 0 saturated carbocycles. The zero-order valence-electron chi connectivity index (χ0n) is 6.60. The SMILES string of the molecule is C=Cc1cccc(F)c1CC. The molecule has 58 valence electrons. The van der Waals surface area contributed by atoms with Crippen molar-refractivity contribution in [3.8, 4) is 0 Å². The second-order valence-electron chi connectivity index (χ2n) is 2.37. The van der Waals surface area contributed by atoms with Gasteiger partial charge in [0.15, 0.2) is 0 Å². The third kappa shape index (κ3) is 1.48. The first kappa shape index (κ1) is 7.99. The number of hydrogen-bond donors (Lipinski definition) is 0. The minimum absolute atomic E-state index is 0.134. The van der Waals surface area contributed by atoms with Gasteiger partial charge >= 0.3 is 0 Å². The molecule has 11 heavy (non-hydrogen) atoms. The van der Waals surface area contributed by atoms with Gasteiger partial charge in [0.1, 0.15) is 5.82 Å². The summed E-state index contributed by atoms with van der Waals surface area (Å²) in [4.78, 5) is 0. The lowest BCUT2D eigenvalue weighted by atomic mass is 10.1. The van der Waals surface area contributed by atoms with Gasteiger partial charge in [-0.2, -0.15) is 0 Å². The summed E-state index contributed by atoms with van der Waals surface area (Å²) in [6.45, 7) is 5.55. The van der Waals surface area contributed by atoms with Gasteiger partial charge in [0.2, 0.25) is 0 Å². The predicted octanol–water partition coefficient (Wildman–Crippen LogP) is 3.03. The fraction of sp³-hybridized carbons (Fsp3) is 0.200. The maximum atomic E-state index is 13.0. The van der Waals surface area contributed by atoms with Crippen LogP contribution >= 0.6 is 0 Å². The van der Waals surface area contributed by atoms with E-state index < -0.39 is 0 Å². The number of hydrogen-bond acceptors (Lipinski definition) is 0. The molecule has 0 aliphatic carbocycles. The Hall–Kier alpha value is -1.11. The van der Waals surface area contributed by atoms with Crippen LogP contribution in [-0.2, 0) is 6.42 Å². The van der Waals surface area contributed by atoms with Crippen LogP contribution in [0.25, 0.3) is 6.08 Å². The Morgan fingerprint density at radius 2 is 2.27 bits per heavy atom. The first-order chi connectivity index (χ1) is 5.29. The van der Waals surface area contributed by atoms with Gasteiger partial charge in [-0.1, -0.05) is 31.7 Å². The average Bonchev–Trinajstić information content (AvgIpc) is 2.04. The van der Waals surface area contributed by atoms with Crippen molar-refractivity contribution >= 4 is 6.08 Å². The zero-order valence-corrected chi connectivity index (χ0v) is 6.60. The van der Waals surface area contributed by atoms with Crippen molar-refractivity contribution < 1.29 is 4.39 Å². The smallest absolute Gasteiger partial charge is 0.126 e. The summed E-state index contributed by atoms with van der Waals surface area (Å²) in [5.41, 5.74) is 1.65. The highest BCUT2D eigenvalue weighted by molar-refractivity contribution is 5.52. The van der Waals surface area contributed by atoms with Crippen LogP contribution in [-0.4, -0.2) is 0 Å². The summed E-state index contributed by atoms with van der Waals surface area (Å²) in [5, 5.41) is 0. The third-order valence-corrected chi connectivity index (χ3v) is 1.73. The molecule has 0 saturated heterocycles. The van der Waals surface area contributed by atoms with E-state index in [1.54, 1.807) is 12.1 Å². The summed E-state index contributed by atoms with van der Waals surface area (Å²) < 4.78 is 13.0. The second kappa shape index (κ2) is 3.33. The Kier molecular flexibility index (Phi) is 2.42. The maximum absolute atomic E-state index is 13.0. The van der Waals surface area contributed by atoms with E-state index in [4.69, 9.17) is 0 Å². The molecule has 0 fully saturated rings. The summed E-state index contributed by atoms with van der Waals surface area (Å²) in [6.07, 6.45) is 2.40. The van der Waals surface area contributed by atoms with Gasteiger partial charge in [-0.05, 0) is 23.6 Å². The maximum Gasteiger partial charge on any atom is 0.126 e. The Morgan fingerprint density at radius 3 is 2.73 bits per heavy atom. The molecule has 0 atom stereocenters. The number of benzene rings is 1. The van der Waals surface area contributed by atoms with Crippen LogP contribution < -0.4 is 0 Å². The Balaban J connectivity index is 3.23. The standard InChI is InChI=1S/C10H11F/c1-3-8-6-5-7-10(11)9(8)4-2/h3,5-7H,1,4H2,2H3. The Morgan fingerprint density at radius 1 is 1.55 bits per heavy atom. The lowest BCUT2D eigenvalue weighted by molar-refractivity contribution is 0.611. The van der Waals surface area contributed by atoms with E-state index in [1.165, 1.54) is 6.07 Å². The van der Waals surface area contributed by atoms with Gasteiger partial charge in [-0.3, -0.25) is 0 Å². The summed E-state index contributed by atoms with van der Waals surface area (Å²) >= 11 is 0. The predicted molar refractivity (Wildman–Crippen MR) is 45.9 cm³/mol. The van der Waals surface area contributed by atoms with Crippen molar-refractivity contribution in [1.82, 2.24) is 0 Å². The third-order valence-electron chi connectivity index (χ3n) is 1.73.